The highest BCUT2D eigenvalue weighted by Gasteiger charge is 2.10. The van der Waals surface area contributed by atoms with E-state index in [1.165, 1.54) is 0 Å². The lowest BCUT2D eigenvalue weighted by Gasteiger charge is -2.12. The standard InChI is InChI=1S/C12H16O2S/c1-3-5-9(2)14-12(13)10-6-4-7-11(15)8-10/h4,6-9,15H,3,5H2,1-2H3. The summed E-state index contributed by atoms with van der Waals surface area (Å²) in [6.07, 6.45) is 1.89. The van der Waals surface area contributed by atoms with Crippen molar-refractivity contribution in [3.63, 3.8) is 0 Å². The maximum atomic E-state index is 11.6. The van der Waals surface area contributed by atoms with Crippen molar-refractivity contribution in [1.82, 2.24) is 0 Å². The van der Waals surface area contributed by atoms with Crippen LogP contribution in [0.3, 0.4) is 0 Å². The molecular formula is C12H16O2S. The fourth-order valence-electron chi connectivity index (χ4n) is 1.35. The lowest BCUT2D eigenvalue weighted by atomic mass is 10.2. The Kier molecular flexibility index (Phi) is 4.69. The molecule has 1 unspecified atom stereocenters. The van der Waals surface area contributed by atoms with Gasteiger partial charge in [0.2, 0.25) is 0 Å². The Labute approximate surface area is 96.1 Å². The SMILES string of the molecule is CCCC(C)OC(=O)c1cccc(S)c1. The van der Waals surface area contributed by atoms with Gasteiger partial charge < -0.3 is 4.74 Å². The Bertz CT molecular complexity index is 336. The highest BCUT2D eigenvalue weighted by molar-refractivity contribution is 7.80. The van der Waals surface area contributed by atoms with Gasteiger partial charge in [-0.1, -0.05) is 19.4 Å². The van der Waals surface area contributed by atoms with E-state index in [1.54, 1.807) is 18.2 Å². The summed E-state index contributed by atoms with van der Waals surface area (Å²) in [6, 6.07) is 7.07. The normalized spacial score (nSPS) is 12.2. The van der Waals surface area contributed by atoms with E-state index in [-0.39, 0.29) is 12.1 Å². The highest BCUT2D eigenvalue weighted by atomic mass is 32.1. The maximum Gasteiger partial charge on any atom is 0.338 e. The van der Waals surface area contributed by atoms with E-state index in [1.807, 2.05) is 13.0 Å². The number of thiol groups is 1. The Hall–Kier alpha value is -0.960. The third-order valence-corrected chi connectivity index (χ3v) is 2.36. The summed E-state index contributed by atoms with van der Waals surface area (Å²) in [4.78, 5) is 12.4. The topological polar surface area (TPSA) is 26.3 Å². The van der Waals surface area contributed by atoms with Crippen LogP contribution < -0.4 is 0 Å². The summed E-state index contributed by atoms with van der Waals surface area (Å²) in [7, 11) is 0. The molecule has 0 fully saturated rings. The summed E-state index contributed by atoms with van der Waals surface area (Å²) >= 11 is 4.17. The van der Waals surface area contributed by atoms with Crippen molar-refractivity contribution >= 4 is 18.6 Å². The molecule has 15 heavy (non-hydrogen) atoms. The number of esters is 1. The van der Waals surface area contributed by atoms with Crippen LogP contribution in [0.4, 0.5) is 0 Å². The molecule has 0 aliphatic carbocycles. The quantitative estimate of drug-likeness (QED) is 0.627. The fourth-order valence-corrected chi connectivity index (χ4v) is 1.57. The average Bonchev–Trinajstić information content (AvgIpc) is 2.18. The Balaban J connectivity index is 2.61. The van der Waals surface area contributed by atoms with Crippen molar-refractivity contribution < 1.29 is 9.53 Å². The van der Waals surface area contributed by atoms with E-state index in [9.17, 15) is 4.79 Å². The first-order valence-corrected chi connectivity index (χ1v) is 5.58. The fraction of sp³-hybridized carbons (Fsp3) is 0.417. The zero-order valence-electron chi connectivity index (χ0n) is 9.06. The lowest BCUT2D eigenvalue weighted by Crippen LogP contribution is -2.14. The van der Waals surface area contributed by atoms with Gasteiger partial charge in [0.15, 0.2) is 0 Å². The van der Waals surface area contributed by atoms with Crippen LogP contribution in [-0.2, 0) is 4.74 Å². The van der Waals surface area contributed by atoms with E-state index < -0.39 is 0 Å². The summed E-state index contributed by atoms with van der Waals surface area (Å²) < 4.78 is 5.26. The maximum absolute atomic E-state index is 11.6. The van der Waals surface area contributed by atoms with Crippen LogP contribution in [0.5, 0.6) is 0 Å². The Morgan fingerprint density at radius 1 is 1.53 bits per heavy atom. The molecule has 0 aliphatic heterocycles. The van der Waals surface area contributed by atoms with Gasteiger partial charge in [0.05, 0.1) is 11.7 Å². The molecule has 1 rings (SSSR count). The van der Waals surface area contributed by atoms with Gasteiger partial charge in [-0.25, -0.2) is 4.79 Å². The molecule has 1 aromatic carbocycles. The van der Waals surface area contributed by atoms with E-state index in [2.05, 4.69) is 19.6 Å². The van der Waals surface area contributed by atoms with Crippen molar-refractivity contribution in [3.05, 3.63) is 29.8 Å². The van der Waals surface area contributed by atoms with Crippen LogP contribution >= 0.6 is 12.6 Å². The smallest absolute Gasteiger partial charge is 0.338 e. The first kappa shape index (κ1) is 12.1. The minimum Gasteiger partial charge on any atom is -0.459 e. The summed E-state index contributed by atoms with van der Waals surface area (Å²) in [5, 5.41) is 0. The van der Waals surface area contributed by atoms with Crippen LogP contribution in [-0.4, -0.2) is 12.1 Å². The number of carbonyl (C=O) groups is 1. The summed E-state index contributed by atoms with van der Waals surface area (Å²) in [5.74, 6) is -0.271. The summed E-state index contributed by atoms with van der Waals surface area (Å²) in [6.45, 7) is 3.98. The van der Waals surface area contributed by atoms with Crippen molar-refractivity contribution in [2.24, 2.45) is 0 Å². The third-order valence-electron chi connectivity index (χ3n) is 2.09. The van der Waals surface area contributed by atoms with Gasteiger partial charge in [0.1, 0.15) is 0 Å². The van der Waals surface area contributed by atoms with Crippen molar-refractivity contribution in [2.75, 3.05) is 0 Å². The second-order valence-corrected chi connectivity index (χ2v) is 4.07. The van der Waals surface area contributed by atoms with Crippen LogP contribution in [0, 0.1) is 0 Å². The van der Waals surface area contributed by atoms with Crippen molar-refractivity contribution in [3.8, 4) is 0 Å². The molecule has 0 amide bonds. The molecule has 0 radical (unpaired) electrons. The molecule has 3 heteroatoms. The first-order valence-electron chi connectivity index (χ1n) is 5.13. The third kappa shape index (κ3) is 3.96. The Morgan fingerprint density at radius 2 is 2.27 bits per heavy atom. The number of carbonyl (C=O) groups excluding carboxylic acids is 1. The second kappa shape index (κ2) is 5.81. The molecule has 0 saturated heterocycles. The molecule has 0 saturated carbocycles. The molecule has 1 aromatic rings. The zero-order valence-corrected chi connectivity index (χ0v) is 9.96. The molecule has 0 spiro atoms. The minimum atomic E-state index is -0.271. The van der Waals surface area contributed by atoms with E-state index in [4.69, 9.17) is 4.74 Å². The largest absolute Gasteiger partial charge is 0.459 e. The molecule has 1 atom stereocenters. The Morgan fingerprint density at radius 3 is 2.87 bits per heavy atom. The van der Waals surface area contributed by atoms with Crippen LogP contribution in [0.1, 0.15) is 37.0 Å². The van der Waals surface area contributed by atoms with E-state index in [0.717, 1.165) is 17.7 Å². The molecule has 0 aromatic heterocycles. The van der Waals surface area contributed by atoms with Crippen molar-refractivity contribution in [1.29, 1.82) is 0 Å². The number of hydrogen-bond acceptors (Lipinski definition) is 3. The number of benzene rings is 1. The average molecular weight is 224 g/mol. The highest BCUT2D eigenvalue weighted by Crippen LogP contribution is 2.12. The minimum absolute atomic E-state index is 0.0222. The number of ether oxygens (including phenoxy) is 1. The van der Waals surface area contributed by atoms with Crippen LogP contribution in [0.2, 0.25) is 0 Å². The van der Waals surface area contributed by atoms with E-state index in [0.29, 0.717) is 5.56 Å². The van der Waals surface area contributed by atoms with Gasteiger partial charge in [0, 0.05) is 4.90 Å². The molecule has 0 heterocycles. The van der Waals surface area contributed by atoms with Gasteiger partial charge in [-0.3, -0.25) is 0 Å². The lowest BCUT2D eigenvalue weighted by molar-refractivity contribution is 0.0323. The summed E-state index contributed by atoms with van der Waals surface area (Å²) in [5.41, 5.74) is 0.561. The predicted octanol–water partition coefficient (Wildman–Crippen LogP) is 3.32. The molecular weight excluding hydrogens is 208 g/mol. The molecule has 0 aliphatic rings. The number of hydrogen-bond donors (Lipinski definition) is 1. The van der Waals surface area contributed by atoms with Gasteiger partial charge >= 0.3 is 5.97 Å². The molecule has 0 N–H and O–H groups in total. The van der Waals surface area contributed by atoms with Crippen LogP contribution in [0.25, 0.3) is 0 Å². The zero-order chi connectivity index (χ0) is 11.3. The molecule has 0 bridgehead atoms. The molecule has 2 nitrogen and oxygen atoms in total. The van der Waals surface area contributed by atoms with Gasteiger partial charge in [-0.15, -0.1) is 12.6 Å². The van der Waals surface area contributed by atoms with Gasteiger partial charge in [0.25, 0.3) is 0 Å². The predicted molar refractivity (Wildman–Crippen MR) is 63.5 cm³/mol. The molecule has 82 valence electrons. The monoisotopic (exact) mass is 224 g/mol. The van der Waals surface area contributed by atoms with Gasteiger partial charge in [-0.2, -0.15) is 0 Å². The van der Waals surface area contributed by atoms with E-state index >= 15 is 0 Å². The van der Waals surface area contributed by atoms with Gasteiger partial charge in [-0.05, 0) is 31.5 Å². The number of rotatable bonds is 4. The second-order valence-electron chi connectivity index (χ2n) is 3.55. The van der Waals surface area contributed by atoms with Crippen LogP contribution in [0.15, 0.2) is 29.2 Å². The van der Waals surface area contributed by atoms with Crippen molar-refractivity contribution in [2.45, 2.75) is 37.7 Å². The first-order chi connectivity index (χ1) is 7.13.